The van der Waals surface area contributed by atoms with Gasteiger partial charge in [0.25, 0.3) is 0 Å². The Balaban J connectivity index is 2.38. The molecule has 0 bridgehead atoms. The Labute approximate surface area is 133 Å². The van der Waals surface area contributed by atoms with E-state index in [1.165, 1.54) is 19.4 Å². The second-order valence-electron chi connectivity index (χ2n) is 5.96. The highest BCUT2D eigenvalue weighted by Gasteiger charge is 2.46. The second-order valence-corrected chi connectivity index (χ2v) is 5.96. The molecule has 1 aromatic heterocycles. The quantitative estimate of drug-likeness (QED) is 0.520. The third-order valence-electron chi connectivity index (χ3n) is 3.77. The number of allylic oxidation sites excluding steroid dienone is 2. The van der Waals surface area contributed by atoms with E-state index in [0.717, 1.165) is 6.08 Å². The maximum absolute atomic E-state index is 12.3. The van der Waals surface area contributed by atoms with E-state index in [2.05, 4.69) is 4.74 Å². The molecule has 0 saturated carbocycles. The number of furan rings is 1. The zero-order valence-electron chi connectivity index (χ0n) is 13.2. The molecule has 122 valence electrons. The second kappa shape index (κ2) is 6.24. The maximum Gasteiger partial charge on any atom is 0.337 e. The van der Waals surface area contributed by atoms with Crippen molar-refractivity contribution in [2.75, 3.05) is 7.11 Å². The highest BCUT2D eigenvalue weighted by Crippen LogP contribution is 2.41. The molecule has 0 aliphatic heterocycles. The molecule has 1 aliphatic rings. The molecule has 2 rings (SSSR count). The number of rotatable bonds is 4. The van der Waals surface area contributed by atoms with E-state index in [0.29, 0.717) is 5.76 Å². The van der Waals surface area contributed by atoms with Gasteiger partial charge >= 0.3 is 5.97 Å². The summed E-state index contributed by atoms with van der Waals surface area (Å²) in [4.78, 5) is 36.5. The van der Waals surface area contributed by atoms with Gasteiger partial charge in [0.2, 0.25) is 0 Å². The van der Waals surface area contributed by atoms with Gasteiger partial charge in [-0.05, 0) is 24.3 Å². The van der Waals surface area contributed by atoms with Crippen molar-refractivity contribution < 1.29 is 28.6 Å². The Morgan fingerprint density at radius 1 is 1.43 bits per heavy atom. The summed E-state index contributed by atoms with van der Waals surface area (Å²) in [6.07, 6.45) is 3.98. The third-order valence-corrected chi connectivity index (χ3v) is 3.77. The van der Waals surface area contributed by atoms with Crippen LogP contribution in [0.15, 0.2) is 40.2 Å². The first-order valence-electron chi connectivity index (χ1n) is 7.08. The average Bonchev–Trinajstić information content (AvgIpc) is 2.96. The van der Waals surface area contributed by atoms with Crippen molar-refractivity contribution in [2.45, 2.75) is 20.3 Å². The van der Waals surface area contributed by atoms with Gasteiger partial charge in [0.05, 0.1) is 18.9 Å². The summed E-state index contributed by atoms with van der Waals surface area (Å²) in [5, 5.41) is 10.3. The van der Waals surface area contributed by atoms with E-state index in [-0.39, 0.29) is 12.0 Å². The Morgan fingerprint density at radius 2 is 2.13 bits per heavy atom. The Bertz CT molecular complexity index is 691. The Morgan fingerprint density at radius 3 is 2.70 bits per heavy atom. The molecule has 0 aromatic carbocycles. The zero-order chi connectivity index (χ0) is 17.2. The van der Waals surface area contributed by atoms with Gasteiger partial charge in [-0.25, -0.2) is 4.79 Å². The van der Waals surface area contributed by atoms with Gasteiger partial charge in [-0.3, -0.25) is 9.59 Å². The number of aliphatic hydroxyl groups is 1. The van der Waals surface area contributed by atoms with Gasteiger partial charge in [-0.15, -0.1) is 0 Å². The first kappa shape index (κ1) is 16.7. The normalized spacial score (nSPS) is 20.8. The zero-order valence-corrected chi connectivity index (χ0v) is 13.2. The highest BCUT2D eigenvalue weighted by molar-refractivity contribution is 6.13. The lowest BCUT2D eigenvalue weighted by atomic mass is 9.69. The van der Waals surface area contributed by atoms with Crippen LogP contribution >= 0.6 is 0 Å². The first-order valence-corrected chi connectivity index (χ1v) is 7.08. The van der Waals surface area contributed by atoms with Crippen molar-refractivity contribution in [1.29, 1.82) is 0 Å². The van der Waals surface area contributed by atoms with E-state index in [9.17, 15) is 19.5 Å². The van der Waals surface area contributed by atoms with Gasteiger partial charge in [0, 0.05) is 11.8 Å². The fourth-order valence-corrected chi connectivity index (χ4v) is 2.69. The topological polar surface area (TPSA) is 93.8 Å². The lowest BCUT2D eigenvalue weighted by molar-refractivity contribution is -0.139. The van der Waals surface area contributed by atoms with Crippen LogP contribution in [0.1, 0.15) is 26.0 Å². The lowest BCUT2D eigenvalue weighted by Crippen LogP contribution is -2.39. The highest BCUT2D eigenvalue weighted by atomic mass is 16.5. The number of esters is 1. The summed E-state index contributed by atoms with van der Waals surface area (Å²) in [5.74, 6) is -3.27. The van der Waals surface area contributed by atoms with Crippen LogP contribution in [0.4, 0.5) is 0 Å². The molecule has 1 heterocycles. The van der Waals surface area contributed by atoms with Gasteiger partial charge in [-0.2, -0.15) is 0 Å². The molecule has 6 heteroatoms. The number of carbonyl (C=O) groups excluding carboxylic acids is 3. The van der Waals surface area contributed by atoms with Crippen molar-refractivity contribution in [2.24, 2.45) is 11.3 Å². The van der Waals surface area contributed by atoms with Crippen molar-refractivity contribution in [3.05, 3.63) is 41.6 Å². The number of hydrogen-bond acceptors (Lipinski definition) is 6. The molecule has 0 radical (unpaired) electrons. The third kappa shape index (κ3) is 3.26. The van der Waals surface area contributed by atoms with Gasteiger partial charge < -0.3 is 14.3 Å². The number of ketones is 2. The Kier molecular flexibility index (Phi) is 4.54. The van der Waals surface area contributed by atoms with E-state index in [4.69, 9.17) is 4.42 Å². The average molecular weight is 318 g/mol. The van der Waals surface area contributed by atoms with Crippen LogP contribution in [-0.4, -0.2) is 29.8 Å². The number of aliphatic hydroxyl groups excluding tert-OH is 1. The molecule has 0 saturated heterocycles. The molecule has 0 amide bonds. The minimum absolute atomic E-state index is 0.0352. The molecule has 0 fully saturated rings. The summed E-state index contributed by atoms with van der Waals surface area (Å²) < 4.78 is 9.73. The van der Waals surface area contributed by atoms with Crippen molar-refractivity contribution in [3.63, 3.8) is 0 Å². The molecule has 6 nitrogen and oxygen atoms in total. The molecule has 1 unspecified atom stereocenters. The fraction of sp³-hybridized carbons (Fsp3) is 0.353. The van der Waals surface area contributed by atoms with Gasteiger partial charge in [-0.1, -0.05) is 13.8 Å². The summed E-state index contributed by atoms with van der Waals surface area (Å²) in [7, 11) is 1.18. The van der Waals surface area contributed by atoms with Crippen LogP contribution in [0.25, 0.3) is 6.08 Å². The monoisotopic (exact) mass is 318 g/mol. The van der Waals surface area contributed by atoms with E-state index < -0.39 is 34.6 Å². The first-order chi connectivity index (χ1) is 10.8. The number of ether oxygens (including phenoxy) is 1. The minimum atomic E-state index is -1.39. The Hall–Kier alpha value is -2.63. The SMILES string of the molecule is COC(=O)C1=C(O)C(C(=O)C=Cc2ccco2)C(=O)CC1(C)C. The lowest BCUT2D eigenvalue weighted by Gasteiger charge is -2.33. The number of carbonyl (C=O) groups is 3. The van der Waals surface area contributed by atoms with Gasteiger partial charge in [0.15, 0.2) is 11.6 Å². The van der Waals surface area contributed by atoms with Crippen molar-refractivity contribution in [3.8, 4) is 0 Å². The van der Waals surface area contributed by atoms with Crippen LogP contribution in [0, 0.1) is 11.3 Å². The summed E-state index contributed by atoms with van der Waals surface area (Å²) in [6.45, 7) is 3.29. The molecule has 1 atom stereocenters. The number of methoxy groups -OCH3 is 1. The maximum atomic E-state index is 12.3. The summed E-state index contributed by atoms with van der Waals surface area (Å²) in [5.41, 5.74) is -0.931. The predicted molar refractivity (Wildman–Crippen MR) is 81.3 cm³/mol. The number of hydrogen-bond donors (Lipinski definition) is 1. The standard InChI is InChI=1S/C17H18O6/c1-17(2)9-12(19)13(15(20)14(17)16(21)22-3)11(18)7-6-10-5-4-8-23-10/h4-8,13,20H,9H2,1-3H3. The fourth-order valence-electron chi connectivity index (χ4n) is 2.69. The van der Waals surface area contributed by atoms with E-state index >= 15 is 0 Å². The smallest absolute Gasteiger partial charge is 0.337 e. The number of Topliss-reactive ketones (excluding diaryl/α,β-unsaturated/α-hetero) is 1. The van der Waals surface area contributed by atoms with Crippen LogP contribution in [-0.2, 0) is 19.1 Å². The predicted octanol–water partition coefficient (Wildman–Crippen LogP) is 2.46. The summed E-state index contributed by atoms with van der Waals surface area (Å²) in [6, 6.07) is 3.30. The van der Waals surface area contributed by atoms with Crippen molar-refractivity contribution >= 4 is 23.6 Å². The molecular formula is C17H18O6. The molecule has 23 heavy (non-hydrogen) atoms. The van der Waals surface area contributed by atoms with Crippen LogP contribution < -0.4 is 0 Å². The van der Waals surface area contributed by atoms with Crippen LogP contribution in [0.2, 0.25) is 0 Å². The summed E-state index contributed by atoms with van der Waals surface area (Å²) >= 11 is 0. The van der Waals surface area contributed by atoms with Gasteiger partial charge in [0.1, 0.15) is 17.4 Å². The molecule has 0 spiro atoms. The molecule has 1 aliphatic carbocycles. The van der Waals surface area contributed by atoms with E-state index in [1.807, 2.05) is 0 Å². The van der Waals surface area contributed by atoms with Crippen LogP contribution in [0.3, 0.4) is 0 Å². The molecule has 1 aromatic rings. The minimum Gasteiger partial charge on any atom is -0.510 e. The molecule has 1 N–H and O–H groups in total. The largest absolute Gasteiger partial charge is 0.510 e. The van der Waals surface area contributed by atoms with Crippen LogP contribution in [0.5, 0.6) is 0 Å². The molecular weight excluding hydrogens is 300 g/mol. The van der Waals surface area contributed by atoms with Crippen molar-refractivity contribution in [1.82, 2.24) is 0 Å². The van der Waals surface area contributed by atoms with E-state index in [1.54, 1.807) is 26.0 Å².